The van der Waals surface area contributed by atoms with Crippen molar-refractivity contribution in [3.63, 3.8) is 0 Å². The average Bonchev–Trinajstić information content (AvgIpc) is 2.77. The van der Waals surface area contributed by atoms with Crippen molar-refractivity contribution in [1.82, 2.24) is 10.4 Å². The van der Waals surface area contributed by atoms with Crippen molar-refractivity contribution in [1.29, 1.82) is 0 Å². The number of hydrogen-bond acceptors (Lipinski definition) is 4. The van der Waals surface area contributed by atoms with E-state index in [0.717, 1.165) is 22.8 Å². The molecule has 0 saturated heterocycles. The first-order chi connectivity index (χ1) is 9.01. The smallest absolute Gasteiger partial charge is 0.142 e. The number of aryl methyl sites for hydroxylation is 1. The first kappa shape index (κ1) is 14.3. The quantitative estimate of drug-likeness (QED) is 0.518. The van der Waals surface area contributed by atoms with E-state index in [1.165, 1.54) is 11.3 Å². The molecule has 0 aliphatic carbocycles. The van der Waals surface area contributed by atoms with E-state index in [0.29, 0.717) is 6.42 Å². The predicted octanol–water partition coefficient (Wildman–Crippen LogP) is 3.13. The number of aromatic nitrogens is 1. The van der Waals surface area contributed by atoms with E-state index in [9.17, 15) is 8.78 Å². The molecule has 3 nitrogen and oxygen atoms in total. The van der Waals surface area contributed by atoms with Gasteiger partial charge in [-0.1, -0.05) is 11.6 Å². The van der Waals surface area contributed by atoms with Crippen molar-refractivity contribution in [2.75, 3.05) is 0 Å². The van der Waals surface area contributed by atoms with Gasteiger partial charge in [-0.3, -0.25) is 11.3 Å². The minimum Gasteiger partial charge on any atom is -0.271 e. The molecular formula is C12H12ClF2N3S. The van der Waals surface area contributed by atoms with Gasteiger partial charge in [0.15, 0.2) is 0 Å². The molecule has 0 amide bonds. The van der Waals surface area contributed by atoms with Crippen LogP contribution in [0.25, 0.3) is 0 Å². The Morgan fingerprint density at radius 2 is 2.16 bits per heavy atom. The molecule has 0 aliphatic heterocycles. The van der Waals surface area contributed by atoms with E-state index in [4.69, 9.17) is 17.4 Å². The van der Waals surface area contributed by atoms with Crippen LogP contribution >= 0.6 is 22.9 Å². The highest BCUT2D eigenvalue weighted by atomic mass is 35.5. The molecule has 1 aromatic carbocycles. The van der Waals surface area contributed by atoms with Gasteiger partial charge in [0.2, 0.25) is 0 Å². The van der Waals surface area contributed by atoms with Gasteiger partial charge in [-0.15, -0.1) is 11.3 Å². The summed E-state index contributed by atoms with van der Waals surface area (Å²) in [7, 11) is 0. The fraction of sp³-hybridized carbons (Fsp3) is 0.250. The highest BCUT2D eigenvalue weighted by Gasteiger charge is 2.18. The molecule has 3 N–H and O–H groups in total. The zero-order chi connectivity index (χ0) is 14.0. The van der Waals surface area contributed by atoms with Crippen LogP contribution in [0.5, 0.6) is 0 Å². The van der Waals surface area contributed by atoms with Crippen molar-refractivity contribution in [2.45, 2.75) is 19.4 Å². The number of rotatable bonds is 4. The van der Waals surface area contributed by atoms with Crippen molar-refractivity contribution < 1.29 is 8.78 Å². The van der Waals surface area contributed by atoms with Crippen molar-refractivity contribution in [3.8, 4) is 0 Å². The number of nitrogens with zero attached hydrogens (tertiary/aromatic N) is 1. The lowest BCUT2D eigenvalue weighted by Crippen LogP contribution is -2.30. The van der Waals surface area contributed by atoms with Gasteiger partial charge >= 0.3 is 0 Å². The first-order valence-electron chi connectivity index (χ1n) is 5.53. The van der Waals surface area contributed by atoms with E-state index in [1.54, 1.807) is 0 Å². The van der Waals surface area contributed by atoms with Gasteiger partial charge < -0.3 is 0 Å². The maximum atomic E-state index is 13.8. The summed E-state index contributed by atoms with van der Waals surface area (Å²) in [5, 5.41) is 2.53. The lowest BCUT2D eigenvalue weighted by Gasteiger charge is -2.16. The molecule has 7 heteroatoms. The molecule has 1 atom stereocenters. The molecule has 0 radical (unpaired) electrons. The number of thiazole rings is 1. The lowest BCUT2D eigenvalue weighted by atomic mass is 10.0. The molecule has 2 aromatic rings. The Hall–Kier alpha value is -1.08. The van der Waals surface area contributed by atoms with Crippen LogP contribution in [0.3, 0.4) is 0 Å². The zero-order valence-electron chi connectivity index (χ0n) is 10.1. The van der Waals surface area contributed by atoms with Crippen molar-refractivity contribution in [2.24, 2.45) is 5.84 Å². The molecule has 1 aromatic heterocycles. The Bertz CT molecular complexity index is 588. The third kappa shape index (κ3) is 3.27. The third-order valence-corrected chi connectivity index (χ3v) is 3.81. The van der Waals surface area contributed by atoms with Gasteiger partial charge in [0, 0.05) is 17.4 Å². The summed E-state index contributed by atoms with van der Waals surface area (Å²) in [5.41, 5.74) is 3.39. The Kier molecular flexibility index (Phi) is 4.46. The Morgan fingerprint density at radius 3 is 2.74 bits per heavy atom. The van der Waals surface area contributed by atoms with E-state index in [2.05, 4.69) is 10.4 Å². The summed E-state index contributed by atoms with van der Waals surface area (Å²) >= 11 is 7.01. The summed E-state index contributed by atoms with van der Waals surface area (Å²) in [6, 6.07) is 1.44. The number of hydrogen-bond donors (Lipinski definition) is 2. The number of nitrogens with one attached hydrogen (secondary N) is 1. The molecule has 102 valence electrons. The maximum Gasteiger partial charge on any atom is 0.142 e. The number of benzene rings is 1. The fourth-order valence-electron chi connectivity index (χ4n) is 1.77. The molecular weight excluding hydrogens is 292 g/mol. The summed E-state index contributed by atoms with van der Waals surface area (Å²) in [4.78, 5) is 4.27. The number of hydrazine groups is 1. The van der Waals surface area contributed by atoms with E-state index in [1.807, 2.05) is 12.3 Å². The summed E-state index contributed by atoms with van der Waals surface area (Å²) in [6.45, 7) is 1.88. The molecule has 0 aliphatic rings. The number of nitrogens with two attached hydrogens (primary N) is 1. The van der Waals surface area contributed by atoms with Crippen LogP contribution in [0.15, 0.2) is 17.5 Å². The van der Waals surface area contributed by atoms with E-state index >= 15 is 0 Å². The van der Waals surface area contributed by atoms with Crippen LogP contribution in [0.2, 0.25) is 5.02 Å². The molecule has 0 bridgehead atoms. The van der Waals surface area contributed by atoms with Gasteiger partial charge in [-0.25, -0.2) is 13.8 Å². The molecule has 1 heterocycles. The molecule has 2 rings (SSSR count). The first-order valence-corrected chi connectivity index (χ1v) is 6.78. The minimum atomic E-state index is -0.673. The normalized spacial score (nSPS) is 12.7. The van der Waals surface area contributed by atoms with Gasteiger partial charge in [0.05, 0.1) is 21.8 Å². The van der Waals surface area contributed by atoms with Gasteiger partial charge in [0.25, 0.3) is 0 Å². The van der Waals surface area contributed by atoms with Crippen LogP contribution in [-0.4, -0.2) is 4.98 Å². The molecule has 0 fully saturated rings. The lowest BCUT2D eigenvalue weighted by molar-refractivity contribution is 0.499. The van der Waals surface area contributed by atoms with Gasteiger partial charge in [0.1, 0.15) is 11.6 Å². The summed E-state index contributed by atoms with van der Waals surface area (Å²) < 4.78 is 27.2. The van der Waals surface area contributed by atoms with Crippen LogP contribution < -0.4 is 11.3 Å². The Labute approximate surface area is 118 Å². The maximum absolute atomic E-state index is 13.8. The third-order valence-electron chi connectivity index (χ3n) is 2.70. The molecule has 19 heavy (non-hydrogen) atoms. The van der Waals surface area contributed by atoms with Gasteiger partial charge in [-0.05, 0) is 19.1 Å². The second kappa shape index (κ2) is 5.92. The topological polar surface area (TPSA) is 50.9 Å². The highest BCUT2D eigenvalue weighted by molar-refractivity contribution is 7.09. The predicted molar refractivity (Wildman–Crippen MR) is 72.0 cm³/mol. The average molecular weight is 304 g/mol. The van der Waals surface area contributed by atoms with Crippen LogP contribution in [0, 0.1) is 18.6 Å². The van der Waals surface area contributed by atoms with Crippen LogP contribution in [0.4, 0.5) is 8.78 Å². The monoisotopic (exact) mass is 303 g/mol. The molecule has 1 unspecified atom stereocenters. The summed E-state index contributed by atoms with van der Waals surface area (Å²) in [6.07, 6.45) is 0.374. The molecule has 0 spiro atoms. The Morgan fingerprint density at radius 1 is 1.42 bits per heavy atom. The van der Waals surface area contributed by atoms with E-state index in [-0.39, 0.29) is 10.6 Å². The Balaban J connectivity index is 2.29. The standard InChI is InChI=1S/C12H12ClF2N3S/c1-6-17-7(5-19-6)2-12(18-16)8-3-11(15)9(13)4-10(8)14/h3-5,12,18H,2,16H2,1H3. The second-order valence-electron chi connectivity index (χ2n) is 4.07. The zero-order valence-corrected chi connectivity index (χ0v) is 11.7. The molecule has 0 saturated carbocycles. The summed E-state index contributed by atoms with van der Waals surface area (Å²) in [5.74, 6) is 4.15. The largest absolute Gasteiger partial charge is 0.271 e. The van der Waals surface area contributed by atoms with Gasteiger partial charge in [-0.2, -0.15) is 0 Å². The van der Waals surface area contributed by atoms with Crippen molar-refractivity contribution >= 4 is 22.9 Å². The second-order valence-corrected chi connectivity index (χ2v) is 5.54. The van der Waals surface area contributed by atoms with Crippen LogP contribution in [0.1, 0.15) is 22.3 Å². The fourth-order valence-corrected chi connectivity index (χ4v) is 2.55. The highest BCUT2D eigenvalue weighted by Crippen LogP contribution is 2.26. The van der Waals surface area contributed by atoms with Crippen molar-refractivity contribution in [3.05, 3.63) is 50.4 Å². The van der Waals surface area contributed by atoms with Crippen LogP contribution in [-0.2, 0) is 6.42 Å². The SMILES string of the molecule is Cc1nc(CC(NN)c2cc(F)c(Cl)cc2F)cs1. The minimum absolute atomic E-state index is 0.134. The number of halogens is 3. The van der Waals surface area contributed by atoms with E-state index < -0.39 is 17.7 Å².